The number of carbonyl (C=O) groups is 1. The van der Waals surface area contributed by atoms with E-state index in [9.17, 15) is 9.18 Å². The van der Waals surface area contributed by atoms with Gasteiger partial charge >= 0.3 is 5.97 Å². The highest BCUT2D eigenvalue weighted by Gasteiger charge is 2.11. The van der Waals surface area contributed by atoms with Gasteiger partial charge in [-0.2, -0.15) is 0 Å². The van der Waals surface area contributed by atoms with Gasteiger partial charge in [-0.3, -0.25) is 0 Å². The molecule has 1 aromatic heterocycles. The van der Waals surface area contributed by atoms with Crippen LogP contribution in [0.5, 0.6) is 5.75 Å². The molecule has 6 heteroatoms. The number of carboxylic acid groups (broad SMARTS) is 1. The predicted molar refractivity (Wildman–Crippen MR) is 71.1 cm³/mol. The second-order valence-corrected chi connectivity index (χ2v) is 4.75. The Morgan fingerprint density at radius 1 is 1.47 bits per heavy atom. The number of aromatic nitrogens is 1. The Hall–Kier alpha value is -1.82. The Morgan fingerprint density at radius 2 is 2.21 bits per heavy atom. The van der Waals surface area contributed by atoms with Crippen LogP contribution in [0.1, 0.15) is 15.9 Å². The van der Waals surface area contributed by atoms with E-state index >= 15 is 0 Å². The molecule has 2 rings (SSSR count). The maximum Gasteiger partial charge on any atom is 0.337 e. The molecule has 0 radical (unpaired) electrons. The molecule has 1 N–H and O–H groups in total. The van der Waals surface area contributed by atoms with E-state index in [0.29, 0.717) is 15.9 Å². The Morgan fingerprint density at radius 3 is 2.74 bits per heavy atom. The second-order valence-electron chi connectivity index (χ2n) is 3.94. The first-order valence-corrected chi connectivity index (χ1v) is 6.22. The molecule has 0 aliphatic carbocycles. The van der Waals surface area contributed by atoms with Gasteiger partial charge in [-0.25, -0.2) is 9.18 Å². The summed E-state index contributed by atoms with van der Waals surface area (Å²) >= 11 is 3.25. The summed E-state index contributed by atoms with van der Waals surface area (Å²) in [5.41, 5.74) is 0.606. The molecule has 100 valence electrons. The molecule has 1 heterocycles. The lowest BCUT2D eigenvalue weighted by molar-refractivity contribution is 0.0697. The number of benzene rings is 1. The van der Waals surface area contributed by atoms with Crippen LogP contribution in [0.3, 0.4) is 0 Å². The number of ether oxygens (including phenoxy) is 1. The molecule has 4 nitrogen and oxygen atoms in total. The van der Waals surface area contributed by atoms with E-state index in [1.165, 1.54) is 25.4 Å². The average molecular weight is 328 g/mol. The molecule has 0 aliphatic heterocycles. The van der Waals surface area contributed by atoms with Crippen molar-refractivity contribution in [2.24, 2.45) is 0 Å². The number of rotatable bonds is 4. The molecular weight excluding hydrogens is 317 g/mol. The van der Waals surface area contributed by atoms with Gasteiger partial charge in [0.25, 0.3) is 0 Å². The molecule has 19 heavy (non-hydrogen) atoms. The Bertz CT molecular complexity index is 624. The minimum Gasteiger partial charge on any atom is -0.497 e. The van der Waals surface area contributed by atoms with Gasteiger partial charge in [0.2, 0.25) is 0 Å². The van der Waals surface area contributed by atoms with E-state index in [2.05, 4.69) is 15.9 Å². The number of hydrogen-bond donors (Lipinski definition) is 1. The van der Waals surface area contributed by atoms with Gasteiger partial charge in [-0.1, -0.05) is 6.07 Å². The van der Waals surface area contributed by atoms with Gasteiger partial charge in [-0.05, 0) is 28.1 Å². The highest BCUT2D eigenvalue weighted by Crippen LogP contribution is 2.21. The quantitative estimate of drug-likeness (QED) is 0.938. The standard InChI is InChI=1S/C13H11BrFNO3/c1-19-10-3-2-8(11(15)5-10)6-16-7-9(13(17)18)4-12(16)14/h2-5,7H,6H2,1H3,(H,17,18). The summed E-state index contributed by atoms with van der Waals surface area (Å²) in [7, 11) is 1.47. The smallest absolute Gasteiger partial charge is 0.337 e. The summed E-state index contributed by atoms with van der Waals surface area (Å²) in [6.07, 6.45) is 1.45. The monoisotopic (exact) mass is 327 g/mol. The topological polar surface area (TPSA) is 51.5 Å². The first kappa shape index (κ1) is 13.6. The summed E-state index contributed by atoms with van der Waals surface area (Å²) in [4.78, 5) is 10.8. The molecule has 0 fully saturated rings. The fraction of sp³-hybridized carbons (Fsp3) is 0.154. The van der Waals surface area contributed by atoms with Crippen molar-refractivity contribution in [2.75, 3.05) is 7.11 Å². The van der Waals surface area contributed by atoms with Crippen LogP contribution < -0.4 is 4.74 Å². The molecule has 0 amide bonds. The second kappa shape index (κ2) is 5.44. The molecule has 0 saturated carbocycles. The molecule has 0 bridgehead atoms. The van der Waals surface area contributed by atoms with E-state index in [4.69, 9.17) is 9.84 Å². The molecule has 0 atom stereocenters. The molecule has 0 saturated heterocycles. The van der Waals surface area contributed by atoms with Gasteiger partial charge in [0.15, 0.2) is 0 Å². The molecular formula is C13H11BrFNO3. The summed E-state index contributed by atoms with van der Waals surface area (Å²) in [5.74, 6) is -0.967. The minimum absolute atomic E-state index is 0.154. The largest absolute Gasteiger partial charge is 0.497 e. The van der Waals surface area contributed by atoms with E-state index in [0.717, 1.165) is 0 Å². The fourth-order valence-electron chi connectivity index (χ4n) is 1.68. The number of aromatic carboxylic acids is 1. The van der Waals surface area contributed by atoms with Gasteiger partial charge in [0, 0.05) is 17.8 Å². The Kier molecular flexibility index (Phi) is 3.90. The normalized spacial score (nSPS) is 10.5. The lowest BCUT2D eigenvalue weighted by Crippen LogP contribution is -2.02. The number of hydrogen-bond acceptors (Lipinski definition) is 2. The third-order valence-electron chi connectivity index (χ3n) is 2.69. The number of methoxy groups -OCH3 is 1. The van der Waals surface area contributed by atoms with Crippen molar-refractivity contribution in [3.05, 3.63) is 52.0 Å². The highest BCUT2D eigenvalue weighted by molar-refractivity contribution is 9.10. The summed E-state index contributed by atoms with van der Waals surface area (Å²) in [6.45, 7) is 0.240. The van der Waals surface area contributed by atoms with Crippen LogP contribution in [0.25, 0.3) is 0 Å². The number of halogens is 2. The van der Waals surface area contributed by atoms with Crippen LogP contribution in [-0.2, 0) is 6.54 Å². The molecule has 0 spiro atoms. The lowest BCUT2D eigenvalue weighted by Gasteiger charge is -2.08. The van der Waals surface area contributed by atoms with E-state index in [-0.39, 0.29) is 12.1 Å². The molecule has 0 aliphatic rings. The third kappa shape index (κ3) is 2.96. The van der Waals surface area contributed by atoms with Crippen LogP contribution in [0.15, 0.2) is 35.1 Å². The van der Waals surface area contributed by atoms with Crippen LogP contribution in [0.2, 0.25) is 0 Å². The van der Waals surface area contributed by atoms with Crippen LogP contribution in [-0.4, -0.2) is 22.8 Å². The number of nitrogens with zero attached hydrogens (tertiary/aromatic N) is 1. The van der Waals surface area contributed by atoms with Gasteiger partial charge < -0.3 is 14.4 Å². The minimum atomic E-state index is -1.02. The van der Waals surface area contributed by atoms with Crippen LogP contribution in [0, 0.1) is 5.82 Å². The Balaban J connectivity index is 2.28. The van der Waals surface area contributed by atoms with Crippen molar-refractivity contribution in [1.29, 1.82) is 0 Å². The van der Waals surface area contributed by atoms with Gasteiger partial charge in [-0.15, -0.1) is 0 Å². The maximum absolute atomic E-state index is 13.8. The molecule has 2 aromatic rings. The maximum atomic E-state index is 13.8. The van der Waals surface area contributed by atoms with E-state index in [1.54, 1.807) is 16.7 Å². The zero-order chi connectivity index (χ0) is 14.0. The first-order valence-electron chi connectivity index (χ1n) is 5.42. The Labute approximate surface area is 117 Å². The zero-order valence-electron chi connectivity index (χ0n) is 10.1. The predicted octanol–water partition coefficient (Wildman–Crippen LogP) is 3.14. The summed E-state index contributed by atoms with van der Waals surface area (Å²) < 4.78 is 20.9. The first-order chi connectivity index (χ1) is 9.01. The third-order valence-corrected chi connectivity index (χ3v) is 3.38. The van der Waals surface area contributed by atoms with Crippen molar-refractivity contribution >= 4 is 21.9 Å². The van der Waals surface area contributed by atoms with Crippen LogP contribution in [0.4, 0.5) is 4.39 Å². The lowest BCUT2D eigenvalue weighted by atomic mass is 10.2. The average Bonchev–Trinajstić information content (AvgIpc) is 2.73. The van der Waals surface area contributed by atoms with E-state index < -0.39 is 11.8 Å². The number of carboxylic acids is 1. The van der Waals surface area contributed by atoms with Gasteiger partial charge in [0.1, 0.15) is 11.6 Å². The van der Waals surface area contributed by atoms with Crippen molar-refractivity contribution < 1.29 is 19.0 Å². The van der Waals surface area contributed by atoms with Crippen molar-refractivity contribution in [3.8, 4) is 5.75 Å². The summed E-state index contributed by atoms with van der Waals surface area (Å²) in [5, 5.41) is 8.89. The van der Waals surface area contributed by atoms with Crippen LogP contribution >= 0.6 is 15.9 Å². The highest BCUT2D eigenvalue weighted by atomic mass is 79.9. The van der Waals surface area contributed by atoms with Crippen molar-refractivity contribution in [3.63, 3.8) is 0 Å². The van der Waals surface area contributed by atoms with Crippen molar-refractivity contribution in [2.45, 2.75) is 6.54 Å². The fourth-order valence-corrected chi connectivity index (χ4v) is 2.16. The SMILES string of the molecule is COc1ccc(Cn2cc(C(=O)O)cc2Br)c(F)c1. The summed E-state index contributed by atoms with van der Waals surface area (Å²) in [6, 6.07) is 6.05. The van der Waals surface area contributed by atoms with Crippen molar-refractivity contribution in [1.82, 2.24) is 4.57 Å². The zero-order valence-corrected chi connectivity index (χ0v) is 11.6. The van der Waals surface area contributed by atoms with E-state index in [1.807, 2.05) is 0 Å². The van der Waals surface area contributed by atoms with Gasteiger partial charge in [0.05, 0.1) is 23.8 Å². The molecule has 1 aromatic carbocycles. The molecule has 0 unspecified atom stereocenters.